The van der Waals surface area contributed by atoms with Gasteiger partial charge in [-0.05, 0) is 111 Å². The highest BCUT2D eigenvalue weighted by Crippen LogP contribution is 2.41. The first kappa shape index (κ1) is 26.2. The van der Waals surface area contributed by atoms with Crippen molar-refractivity contribution in [1.29, 1.82) is 0 Å². The van der Waals surface area contributed by atoms with E-state index >= 15 is 8.78 Å². The summed E-state index contributed by atoms with van der Waals surface area (Å²) in [6.07, 6.45) is 9.25. The molecule has 0 N–H and O–H groups in total. The Kier molecular flexibility index (Phi) is 8.66. The molecular formula is C32H34F4. The van der Waals surface area contributed by atoms with Crippen LogP contribution in [0.25, 0.3) is 11.1 Å². The lowest BCUT2D eigenvalue weighted by Gasteiger charge is -2.30. The third-order valence-electron chi connectivity index (χ3n) is 7.66. The molecule has 0 heterocycles. The van der Waals surface area contributed by atoms with Gasteiger partial charge in [0.1, 0.15) is 23.3 Å². The standard InChI is InChI=1S/C32H34F4/c1-3-4-6-11-27-28(33)19-26(20-29(27)34)32-30(35)17-25(18-31(32)36)24-14-12-22(13-15-24)16-21(2)23-9-7-5-8-10-23/h3-5,7-10,17-22,24H,6,11-16H2,1-2H3/b4-3+/t21-,22?,24?/m0/s1. The van der Waals surface area contributed by atoms with Crippen molar-refractivity contribution in [1.82, 2.24) is 0 Å². The minimum absolute atomic E-state index is 0.0624. The lowest BCUT2D eigenvalue weighted by molar-refractivity contribution is 0.296. The second-order valence-electron chi connectivity index (χ2n) is 10.2. The van der Waals surface area contributed by atoms with Crippen molar-refractivity contribution >= 4 is 0 Å². The first-order valence-electron chi connectivity index (χ1n) is 13.0. The lowest BCUT2D eigenvalue weighted by Crippen LogP contribution is -2.15. The predicted molar refractivity (Wildman–Crippen MR) is 139 cm³/mol. The van der Waals surface area contributed by atoms with Crippen LogP contribution in [0.4, 0.5) is 17.6 Å². The van der Waals surface area contributed by atoms with Gasteiger partial charge < -0.3 is 0 Å². The monoisotopic (exact) mass is 494 g/mol. The van der Waals surface area contributed by atoms with E-state index in [0.29, 0.717) is 23.8 Å². The topological polar surface area (TPSA) is 0 Å². The Morgan fingerprint density at radius 2 is 1.44 bits per heavy atom. The average molecular weight is 495 g/mol. The van der Waals surface area contributed by atoms with Crippen molar-refractivity contribution in [3.8, 4) is 11.1 Å². The minimum atomic E-state index is -0.777. The molecule has 0 unspecified atom stereocenters. The Morgan fingerprint density at radius 3 is 2.03 bits per heavy atom. The van der Waals surface area contributed by atoms with Crippen LogP contribution < -0.4 is 0 Å². The Morgan fingerprint density at radius 1 is 0.833 bits per heavy atom. The maximum absolute atomic E-state index is 15.1. The third kappa shape index (κ3) is 6.08. The van der Waals surface area contributed by atoms with E-state index in [9.17, 15) is 8.78 Å². The quantitative estimate of drug-likeness (QED) is 0.216. The summed E-state index contributed by atoms with van der Waals surface area (Å²) in [5, 5.41) is 0. The fraction of sp³-hybridized carbons (Fsp3) is 0.375. The van der Waals surface area contributed by atoms with E-state index < -0.39 is 23.3 Å². The average Bonchev–Trinajstić information content (AvgIpc) is 2.86. The Balaban J connectivity index is 1.45. The van der Waals surface area contributed by atoms with Crippen LogP contribution in [0, 0.1) is 29.2 Å². The van der Waals surface area contributed by atoms with Gasteiger partial charge in [0.05, 0.1) is 5.56 Å². The summed E-state index contributed by atoms with van der Waals surface area (Å²) in [6, 6.07) is 15.3. The number of allylic oxidation sites excluding steroid dienone is 2. The number of benzene rings is 3. The molecule has 0 aromatic heterocycles. The number of halogens is 4. The van der Waals surface area contributed by atoms with Crippen LogP contribution in [0.2, 0.25) is 0 Å². The van der Waals surface area contributed by atoms with Gasteiger partial charge in [-0.3, -0.25) is 0 Å². The highest BCUT2D eigenvalue weighted by molar-refractivity contribution is 5.66. The van der Waals surface area contributed by atoms with Crippen molar-refractivity contribution in [2.24, 2.45) is 5.92 Å². The molecule has 0 amide bonds. The van der Waals surface area contributed by atoms with Crippen molar-refractivity contribution in [3.63, 3.8) is 0 Å². The van der Waals surface area contributed by atoms with E-state index in [-0.39, 0.29) is 29.0 Å². The molecule has 3 aromatic carbocycles. The molecule has 1 aliphatic rings. The van der Waals surface area contributed by atoms with Crippen LogP contribution in [0.15, 0.2) is 66.7 Å². The van der Waals surface area contributed by atoms with E-state index in [1.165, 1.54) is 17.7 Å². The molecule has 1 aliphatic carbocycles. The van der Waals surface area contributed by atoms with Crippen molar-refractivity contribution in [2.45, 2.75) is 70.6 Å². The van der Waals surface area contributed by atoms with Crippen LogP contribution in [0.1, 0.15) is 80.9 Å². The third-order valence-corrected chi connectivity index (χ3v) is 7.66. The molecule has 190 valence electrons. The molecule has 0 radical (unpaired) electrons. The molecule has 0 aliphatic heterocycles. The molecule has 0 spiro atoms. The molecule has 3 aromatic rings. The summed E-state index contributed by atoms with van der Waals surface area (Å²) < 4.78 is 59.4. The largest absolute Gasteiger partial charge is 0.207 e. The summed E-state index contributed by atoms with van der Waals surface area (Å²) in [5.41, 5.74) is 1.43. The number of hydrogen-bond donors (Lipinski definition) is 0. The maximum Gasteiger partial charge on any atom is 0.134 e. The first-order valence-corrected chi connectivity index (χ1v) is 13.0. The van der Waals surface area contributed by atoms with Crippen LogP contribution in [0.5, 0.6) is 0 Å². The molecule has 1 atom stereocenters. The zero-order valence-corrected chi connectivity index (χ0v) is 21.0. The first-order chi connectivity index (χ1) is 17.4. The summed E-state index contributed by atoms with van der Waals surface area (Å²) >= 11 is 0. The van der Waals surface area contributed by atoms with E-state index in [1.54, 1.807) is 0 Å². The van der Waals surface area contributed by atoms with E-state index in [0.717, 1.165) is 44.2 Å². The number of hydrogen-bond acceptors (Lipinski definition) is 0. The van der Waals surface area contributed by atoms with E-state index in [4.69, 9.17) is 0 Å². The molecular weight excluding hydrogens is 460 g/mol. The van der Waals surface area contributed by atoms with Gasteiger partial charge in [0.15, 0.2) is 0 Å². The zero-order chi connectivity index (χ0) is 25.7. The minimum Gasteiger partial charge on any atom is -0.207 e. The zero-order valence-electron chi connectivity index (χ0n) is 21.0. The van der Waals surface area contributed by atoms with E-state index in [1.807, 2.05) is 25.1 Å². The SMILES string of the molecule is C/C=C/CCc1c(F)cc(-c2c(F)cc(C3CCC(C[C@H](C)c4ccccc4)CC3)cc2F)cc1F. The molecule has 0 saturated heterocycles. The van der Waals surface area contributed by atoms with Crippen molar-refractivity contribution in [3.05, 3.63) is 107 Å². The summed E-state index contributed by atoms with van der Waals surface area (Å²) in [7, 11) is 0. The Bertz CT molecular complexity index is 1140. The smallest absolute Gasteiger partial charge is 0.134 e. The molecule has 1 fully saturated rings. The second kappa shape index (κ2) is 11.9. The Labute approximate surface area is 212 Å². The number of rotatable bonds is 8. The van der Waals surface area contributed by atoms with Gasteiger partial charge in [0, 0.05) is 5.56 Å². The fourth-order valence-corrected chi connectivity index (χ4v) is 5.63. The van der Waals surface area contributed by atoms with E-state index in [2.05, 4.69) is 31.2 Å². The Hall–Kier alpha value is -2.88. The maximum atomic E-state index is 15.1. The molecule has 0 nitrogen and oxygen atoms in total. The highest BCUT2D eigenvalue weighted by Gasteiger charge is 2.26. The summed E-state index contributed by atoms with van der Waals surface area (Å²) in [4.78, 5) is 0. The van der Waals surface area contributed by atoms with Gasteiger partial charge in [0.2, 0.25) is 0 Å². The normalized spacial score (nSPS) is 19.1. The lowest BCUT2D eigenvalue weighted by atomic mass is 9.75. The van der Waals surface area contributed by atoms with Crippen LogP contribution in [-0.4, -0.2) is 0 Å². The van der Waals surface area contributed by atoms with Gasteiger partial charge in [-0.1, -0.05) is 49.4 Å². The highest BCUT2D eigenvalue weighted by atomic mass is 19.1. The van der Waals surface area contributed by atoms with Gasteiger partial charge in [-0.2, -0.15) is 0 Å². The van der Waals surface area contributed by atoms with Gasteiger partial charge >= 0.3 is 0 Å². The van der Waals surface area contributed by atoms with Crippen molar-refractivity contribution in [2.75, 3.05) is 0 Å². The van der Waals surface area contributed by atoms with Crippen LogP contribution in [0.3, 0.4) is 0 Å². The molecule has 4 rings (SSSR count). The predicted octanol–water partition coefficient (Wildman–Crippen LogP) is 9.89. The van der Waals surface area contributed by atoms with Gasteiger partial charge in [-0.15, -0.1) is 0 Å². The molecule has 1 saturated carbocycles. The van der Waals surface area contributed by atoms with Crippen LogP contribution >= 0.6 is 0 Å². The van der Waals surface area contributed by atoms with Crippen molar-refractivity contribution < 1.29 is 17.6 Å². The van der Waals surface area contributed by atoms with Gasteiger partial charge in [0.25, 0.3) is 0 Å². The summed E-state index contributed by atoms with van der Waals surface area (Å²) in [6.45, 7) is 4.09. The molecule has 0 bridgehead atoms. The summed E-state index contributed by atoms with van der Waals surface area (Å²) in [5.74, 6) is -1.93. The molecule has 36 heavy (non-hydrogen) atoms. The van der Waals surface area contributed by atoms with Gasteiger partial charge in [-0.25, -0.2) is 17.6 Å². The van der Waals surface area contributed by atoms with Crippen LogP contribution in [-0.2, 0) is 6.42 Å². The molecule has 4 heteroatoms. The second-order valence-corrected chi connectivity index (χ2v) is 10.2. The fourth-order valence-electron chi connectivity index (χ4n) is 5.63.